The molecule has 0 spiro atoms. The number of H-pyrrole nitrogens is 1. The van der Waals surface area contributed by atoms with Crippen LogP contribution in [-0.2, 0) is 11.2 Å². The van der Waals surface area contributed by atoms with E-state index < -0.39 is 35.1 Å². The van der Waals surface area contributed by atoms with Gasteiger partial charge in [0.05, 0.1) is 11.3 Å². The zero-order valence-corrected chi connectivity index (χ0v) is 15.1. The molecule has 28 heavy (non-hydrogen) atoms. The molecule has 3 rings (SSSR count). The molecule has 4 N–H and O–H groups in total. The number of aromatic amines is 1. The first kappa shape index (κ1) is 19.3. The third-order valence-corrected chi connectivity index (χ3v) is 4.40. The van der Waals surface area contributed by atoms with Crippen LogP contribution in [0.25, 0.3) is 10.9 Å². The minimum Gasteiger partial charge on any atom is -0.480 e. The SMILES string of the molecule is C[C@H](NC(=O)c1cc(F)c(NCCc2c[nH]c3ccccc23)cc1F)C(=O)O. The van der Waals surface area contributed by atoms with Gasteiger partial charge in [-0.25, -0.2) is 8.78 Å². The number of hydrogen-bond donors (Lipinski definition) is 4. The Balaban J connectivity index is 1.67. The van der Waals surface area contributed by atoms with Crippen molar-refractivity contribution in [3.8, 4) is 0 Å². The Bertz CT molecular complexity index is 1030. The highest BCUT2D eigenvalue weighted by Crippen LogP contribution is 2.21. The highest BCUT2D eigenvalue weighted by molar-refractivity contribution is 5.97. The van der Waals surface area contributed by atoms with E-state index in [0.29, 0.717) is 13.0 Å². The zero-order valence-electron chi connectivity index (χ0n) is 15.1. The van der Waals surface area contributed by atoms with Gasteiger partial charge in [-0.1, -0.05) is 18.2 Å². The van der Waals surface area contributed by atoms with Crippen molar-refractivity contribution < 1.29 is 23.5 Å². The maximum absolute atomic E-state index is 14.3. The fourth-order valence-corrected chi connectivity index (χ4v) is 2.86. The fourth-order valence-electron chi connectivity index (χ4n) is 2.86. The summed E-state index contributed by atoms with van der Waals surface area (Å²) < 4.78 is 28.5. The number of amides is 1. The molecule has 0 aliphatic heterocycles. The molecule has 0 radical (unpaired) electrons. The molecule has 6 nitrogen and oxygen atoms in total. The standard InChI is InChI=1S/C20H19F2N3O3/c1-11(20(27)28)25-19(26)14-8-16(22)18(9-15(14)21)23-7-6-12-10-24-17-5-3-2-4-13(12)17/h2-5,8-11,23-24H,6-7H2,1H3,(H,25,26)(H,27,28)/t11-/m0/s1. The van der Waals surface area contributed by atoms with Crippen molar-refractivity contribution in [1.82, 2.24) is 10.3 Å². The number of carboxylic acid groups (broad SMARTS) is 1. The second-order valence-corrected chi connectivity index (χ2v) is 6.38. The summed E-state index contributed by atoms with van der Waals surface area (Å²) >= 11 is 0. The number of carbonyl (C=O) groups excluding carboxylic acids is 1. The smallest absolute Gasteiger partial charge is 0.325 e. The Morgan fingerprint density at radius 2 is 1.93 bits per heavy atom. The van der Waals surface area contributed by atoms with Gasteiger partial charge in [-0.05, 0) is 31.0 Å². The number of fused-ring (bicyclic) bond motifs is 1. The maximum atomic E-state index is 14.3. The fraction of sp³-hybridized carbons (Fsp3) is 0.200. The number of anilines is 1. The lowest BCUT2D eigenvalue weighted by Gasteiger charge is -2.12. The van der Waals surface area contributed by atoms with E-state index in [1.165, 1.54) is 6.92 Å². The molecule has 1 heterocycles. The molecule has 0 aliphatic rings. The van der Waals surface area contributed by atoms with Gasteiger partial charge < -0.3 is 20.7 Å². The van der Waals surface area contributed by atoms with E-state index in [9.17, 15) is 18.4 Å². The lowest BCUT2D eigenvalue weighted by molar-refractivity contribution is -0.138. The van der Waals surface area contributed by atoms with Gasteiger partial charge in [-0.15, -0.1) is 0 Å². The number of para-hydroxylation sites is 1. The monoisotopic (exact) mass is 387 g/mol. The predicted octanol–water partition coefficient (Wildman–Crippen LogP) is 3.30. The minimum absolute atomic E-state index is 0.0693. The quantitative estimate of drug-likeness (QED) is 0.500. The molecular weight excluding hydrogens is 368 g/mol. The van der Waals surface area contributed by atoms with Crippen molar-refractivity contribution in [2.45, 2.75) is 19.4 Å². The number of carboxylic acids is 1. The van der Waals surface area contributed by atoms with Gasteiger partial charge in [0.2, 0.25) is 0 Å². The van der Waals surface area contributed by atoms with Crippen molar-refractivity contribution >= 4 is 28.5 Å². The van der Waals surface area contributed by atoms with Crippen molar-refractivity contribution in [2.75, 3.05) is 11.9 Å². The summed E-state index contributed by atoms with van der Waals surface area (Å²) in [6.45, 7) is 1.59. The number of aliphatic carboxylic acids is 1. The Morgan fingerprint density at radius 1 is 1.18 bits per heavy atom. The molecular formula is C20H19F2N3O3. The van der Waals surface area contributed by atoms with Crippen LogP contribution in [0.15, 0.2) is 42.6 Å². The Labute approximate surface area is 159 Å². The van der Waals surface area contributed by atoms with Gasteiger partial charge in [0.1, 0.15) is 17.7 Å². The Kier molecular flexibility index (Phi) is 5.58. The minimum atomic E-state index is -1.27. The number of hydrogen-bond acceptors (Lipinski definition) is 3. The van der Waals surface area contributed by atoms with Gasteiger partial charge in [0, 0.05) is 29.7 Å². The molecule has 8 heteroatoms. The molecule has 0 unspecified atom stereocenters. The van der Waals surface area contributed by atoms with E-state index >= 15 is 0 Å². The molecule has 1 aromatic heterocycles. The topological polar surface area (TPSA) is 94.2 Å². The van der Waals surface area contributed by atoms with Gasteiger partial charge >= 0.3 is 5.97 Å². The summed E-state index contributed by atoms with van der Waals surface area (Å²) in [5.41, 5.74) is 1.43. The van der Waals surface area contributed by atoms with Crippen LogP contribution in [0.3, 0.4) is 0 Å². The first-order valence-electron chi connectivity index (χ1n) is 8.68. The first-order chi connectivity index (χ1) is 13.4. The van der Waals surface area contributed by atoms with E-state index in [1.54, 1.807) is 0 Å². The average Bonchev–Trinajstić information content (AvgIpc) is 3.07. The average molecular weight is 387 g/mol. The molecule has 0 aliphatic carbocycles. The summed E-state index contributed by atoms with van der Waals surface area (Å²) in [5, 5.41) is 14.8. The Morgan fingerprint density at radius 3 is 2.68 bits per heavy atom. The van der Waals surface area contributed by atoms with Crippen LogP contribution in [0.5, 0.6) is 0 Å². The van der Waals surface area contributed by atoms with E-state index in [-0.39, 0.29) is 5.69 Å². The number of rotatable bonds is 7. The number of benzene rings is 2. The highest BCUT2D eigenvalue weighted by atomic mass is 19.1. The molecule has 0 bridgehead atoms. The van der Waals surface area contributed by atoms with Crippen LogP contribution < -0.4 is 10.6 Å². The van der Waals surface area contributed by atoms with Gasteiger partial charge in [0.15, 0.2) is 0 Å². The second kappa shape index (κ2) is 8.08. The molecule has 3 aromatic rings. The van der Waals surface area contributed by atoms with E-state index in [0.717, 1.165) is 28.6 Å². The number of aromatic nitrogens is 1. The van der Waals surface area contributed by atoms with Crippen LogP contribution in [0, 0.1) is 11.6 Å². The van der Waals surface area contributed by atoms with Crippen LogP contribution in [0.4, 0.5) is 14.5 Å². The Hall–Kier alpha value is -3.42. The van der Waals surface area contributed by atoms with Crippen LogP contribution in [0.1, 0.15) is 22.8 Å². The lowest BCUT2D eigenvalue weighted by atomic mass is 10.1. The summed E-state index contributed by atoms with van der Waals surface area (Å²) in [7, 11) is 0. The van der Waals surface area contributed by atoms with Gasteiger partial charge in [-0.3, -0.25) is 9.59 Å². The zero-order chi connectivity index (χ0) is 20.3. The molecule has 2 aromatic carbocycles. The maximum Gasteiger partial charge on any atom is 0.325 e. The largest absolute Gasteiger partial charge is 0.480 e. The van der Waals surface area contributed by atoms with E-state index in [2.05, 4.69) is 15.6 Å². The molecule has 0 saturated heterocycles. The summed E-state index contributed by atoms with van der Waals surface area (Å²) in [5.74, 6) is -4.00. The number of halogens is 2. The third kappa shape index (κ3) is 4.11. The van der Waals surface area contributed by atoms with Crippen molar-refractivity contribution in [2.24, 2.45) is 0 Å². The summed E-state index contributed by atoms with van der Waals surface area (Å²) in [6.07, 6.45) is 2.46. The summed E-state index contributed by atoms with van der Waals surface area (Å²) in [6, 6.07) is 8.22. The van der Waals surface area contributed by atoms with E-state index in [1.807, 2.05) is 30.5 Å². The van der Waals surface area contributed by atoms with Crippen LogP contribution in [0.2, 0.25) is 0 Å². The number of nitrogens with one attached hydrogen (secondary N) is 3. The number of carbonyl (C=O) groups is 2. The normalized spacial score (nSPS) is 12.0. The molecule has 1 atom stereocenters. The molecule has 146 valence electrons. The van der Waals surface area contributed by atoms with Crippen molar-refractivity contribution in [1.29, 1.82) is 0 Å². The van der Waals surface area contributed by atoms with Gasteiger partial charge in [-0.2, -0.15) is 0 Å². The third-order valence-electron chi connectivity index (χ3n) is 4.40. The van der Waals surface area contributed by atoms with Gasteiger partial charge in [0.25, 0.3) is 5.91 Å². The first-order valence-corrected chi connectivity index (χ1v) is 8.68. The molecule has 0 saturated carbocycles. The van der Waals surface area contributed by atoms with E-state index in [4.69, 9.17) is 5.11 Å². The second-order valence-electron chi connectivity index (χ2n) is 6.38. The molecule has 0 fully saturated rings. The highest BCUT2D eigenvalue weighted by Gasteiger charge is 2.20. The van der Waals surface area contributed by atoms with Crippen LogP contribution in [-0.4, -0.2) is 34.6 Å². The lowest BCUT2D eigenvalue weighted by Crippen LogP contribution is -2.38. The summed E-state index contributed by atoms with van der Waals surface area (Å²) in [4.78, 5) is 25.9. The molecule has 1 amide bonds. The van der Waals surface area contributed by atoms with Crippen molar-refractivity contribution in [3.05, 3.63) is 65.4 Å². The van der Waals surface area contributed by atoms with Crippen LogP contribution >= 0.6 is 0 Å². The predicted molar refractivity (Wildman–Crippen MR) is 101 cm³/mol. The van der Waals surface area contributed by atoms with Crippen molar-refractivity contribution in [3.63, 3.8) is 0 Å².